The van der Waals surface area contributed by atoms with Crippen LogP contribution in [0.2, 0.25) is 0 Å². The quantitative estimate of drug-likeness (QED) is 0.548. The Morgan fingerprint density at radius 3 is 3.30 bits per heavy atom. The Kier molecular flexibility index (Phi) is 1.04. The van der Waals surface area contributed by atoms with E-state index in [-0.39, 0.29) is 0 Å². The third kappa shape index (κ3) is 0.699. The van der Waals surface area contributed by atoms with Crippen LogP contribution in [0, 0.1) is 0 Å². The van der Waals surface area contributed by atoms with E-state index in [2.05, 4.69) is 20.8 Å². The number of hydrogen-bond acceptors (Lipinski definition) is 4. The molecule has 1 aromatic heterocycles. The molecule has 4 nitrogen and oxygen atoms in total. The molecule has 0 saturated carbocycles. The van der Waals surface area contributed by atoms with E-state index in [1.165, 1.54) is 0 Å². The van der Waals surface area contributed by atoms with E-state index in [1.54, 1.807) is 12.5 Å². The monoisotopic (exact) mass is 134 g/mol. The summed E-state index contributed by atoms with van der Waals surface area (Å²) in [6.07, 6.45) is 3.30. The van der Waals surface area contributed by atoms with Crippen LogP contribution in [0.25, 0.3) is 0 Å². The van der Waals surface area contributed by atoms with E-state index in [9.17, 15) is 0 Å². The molecular formula is C6H6N4. The lowest BCUT2D eigenvalue weighted by atomic mass is 10.4. The second-order valence-electron chi connectivity index (χ2n) is 1.90. The molecule has 10 heavy (non-hydrogen) atoms. The highest BCUT2D eigenvalue weighted by atomic mass is 15.4. The van der Waals surface area contributed by atoms with Crippen LogP contribution < -0.4 is 10.9 Å². The first kappa shape index (κ1) is 5.22. The van der Waals surface area contributed by atoms with Gasteiger partial charge in [-0.2, -0.15) is 0 Å². The highest BCUT2D eigenvalue weighted by Crippen LogP contribution is 2.20. The Bertz CT molecular complexity index is 268. The van der Waals surface area contributed by atoms with Gasteiger partial charge < -0.3 is 0 Å². The van der Waals surface area contributed by atoms with Gasteiger partial charge in [-0.15, -0.1) is 0 Å². The van der Waals surface area contributed by atoms with Crippen molar-refractivity contribution < 1.29 is 0 Å². The fourth-order valence-electron chi connectivity index (χ4n) is 0.800. The number of rotatable bonds is 0. The lowest BCUT2D eigenvalue weighted by Gasteiger charge is -2.10. The smallest absolute Gasteiger partial charge is 0.170 e. The minimum Gasteiger partial charge on any atom is -0.289 e. The molecule has 0 radical (unpaired) electrons. The standard InChI is InChI=1S/C6H6N4/c1-2-5-6(7-3-1)10-9-4-8-5/h1-4H,(H,7,10)(H,8,9). The van der Waals surface area contributed by atoms with Gasteiger partial charge >= 0.3 is 0 Å². The second-order valence-corrected chi connectivity index (χ2v) is 1.90. The fourth-order valence-corrected chi connectivity index (χ4v) is 0.800. The minimum atomic E-state index is 0.769. The molecule has 0 aromatic carbocycles. The number of nitrogens with zero attached hydrogens (tertiary/aromatic N) is 2. The lowest BCUT2D eigenvalue weighted by Crippen LogP contribution is -2.22. The van der Waals surface area contributed by atoms with Gasteiger partial charge in [0.15, 0.2) is 5.82 Å². The Hall–Kier alpha value is -1.58. The molecule has 2 heterocycles. The maximum absolute atomic E-state index is 4.03. The summed E-state index contributed by atoms with van der Waals surface area (Å²) in [5, 5.41) is 0. The van der Waals surface area contributed by atoms with Gasteiger partial charge in [0.1, 0.15) is 12.0 Å². The van der Waals surface area contributed by atoms with E-state index in [1.807, 2.05) is 12.1 Å². The van der Waals surface area contributed by atoms with Crippen molar-refractivity contribution in [2.75, 3.05) is 5.43 Å². The van der Waals surface area contributed by atoms with Gasteiger partial charge in [0.25, 0.3) is 0 Å². The first-order valence-corrected chi connectivity index (χ1v) is 2.96. The summed E-state index contributed by atoms with van der Waals surface area (Å²) in [6.45, 7) is 0. The fraction of sp³-hybridized carbons (Fsp3) is 0. The van der Waals surface area contributed by atoms with Gasteiger partial charge in [-0.1, -0.05) is 0 Å². The third-order valence-electron chi connectivity index (χ3n) is 1.25. The number of hydrogen-bond donors (Lipinski definition) is 2. The van der Waals surface area contributed by atoms with Crippen molar-refractivity contribution in [2.24, 2.45) is 4.99 Å². The number of nitrogens with one attached hydrogen (secondary N) is 2. The van der Waals surface area contributed by atoms with Crippen molar-refractivity contribution in [1.82, 2.24) is 10.4 Å². The number of hydrazine groups is 1. The SMILES string of the molecule is C1=Nc2cccnc2NN1. The number of pyridine rings is 1. The van der Waals surface area contributed by atoms with Crippen LogP contribution in [0.15, 0.2) is 23.3 Å². The Morgan fingerprint density at radius 2 is 2.40 bits per heavy atom. The van der Waals surface area contributed by atoms with Gasteiger partial charge in [-0.25, -0.2) is 9.98 Å². The van der Waals surface area contributed by atoms with Crippen LogP contribution >= 0.6 is 0 Å². The van der Waals surface area contributed by atoms with Crippen LogP contribution in [0.3, 0.4) is 0 Å². The Morgan fingerprint density at radius 1 is 1.40 bits per heavy atom. The van der Waals surface area contributed by atoms with Gasteiger partial charge in [0.05, 0.1) is 0 Å². The van der Waals surface area contributed by atoms with Crippen molar-refractivity contribution >= 4 is 17.8 Å². The second kappa shape index (κ2) is 1.98. The van der Waals surface area contributed by atoms with E-state index in [0.717, 1.165) is 11.5 Å². The Balaban J connectivity index is 2.54. The van der Waals surface area contributed by atoms with Gasteiger partial charge in [0, 0.05) is 6.20 Å². The minimum absolute atomic E-state index is 0.769. The molecule has 1 aliphatic rings. The van der Waals surface area contributed by atoms with Gasteiger partial charge in [-0.3, -0.25) is 10.9 Å². The van der Waals surface area contributed by atoms with Crippen LogP contribution in [-0.2, 0) is 0 Å². The molecule has 1 aliphatic heterocycles. The summed E-state index contributed by atoms with van der Waals surface area (Å²) < 4.78 is 0. The van der Waals surface area contributed by atoms with E-state index < -0.39 is 0 Å². The van der Waals surface area contributed by atoms with Crippen molar-refractivity contribution in [3.8, 4) is 0 Å². The average Bonchev–Trinajstić information content (AvgIpc) is 2.05. The summed E-state index contributed by atoms with van der Waals surface area (Å²) in [5.41, 5.74) is 6.45. The molecule has 0 fully saturated rings. The summed E-state index contributed by atoms with van der Waals surface area (Å²) in [7, 11) is 0. The summed E-state index contributed by atoms with van der Waals surface area (Å²) in [6, 6.07) is 3.75. The van der Waals surface area contributed by atoms with E-state index >= 15 is 0 Å². The van der Waals surface area contributed by atoms with Gasteiger partial charge in [-0.05, 0) is 12.1 Å². The van der Waals surface area contributed by atoms with Crippen LogP contribution in [0.5, 0.6) is 0 Å². The number of aromatic nitrogens is 1. The molecule has 2 N–H and O–H groups in total. The lowest BCUT2D eigenvalue weighted by molar-refractivity contribution is 1.08. The maximum atomic E-state index is 4.03. The molecule has 1 aromatic rings. The molecule has 0 atom stereocenters. The molecule has 0 amide bonds. The van der Waals surface area contributed by atoms with Crippen molar-refractivity contribution in [3.63, 3.8) is 0 Å². The predicted octanol–water partition coefficient (Wildman–Crippen LogP) is 0.671. The topological polar surface area (TPSA) is 49.3 Å². The first-order valence-electron chi connectivity index (χ1n) is 2.96. The molecule has 50 valence electrons. The third-order valence-corrected chi connectivity index (χ3v) is 1.25. The number of aliphatic imine (C=N–C) groups is 1. The Labute approximate surface area is 58.0 Å². The zero-order valence-corrected chi connectivity index (χ0v) is 5.20. The van der Waals surface area contributed by atoms with Crippen molar-refractivity contribution in [1.29, 1.82) is 0 Å². The van der Waals surface area contributed by atoms with E-state index in [0.29, 0.717) is 0 Å². The highest BCUT2D eigenvalue weighted by Gasteiger charge is 2.01. The molecule has 0 aliphatic carbocycles. The largest absolute Gasteiger partial charge is 0.289 e. The average molecular weight is 134 g/mol. The first-order chi connectivity index (χ1) is 4.97. The molecule has 0 bridgehead atoms. The van der Waals surface area contributed by atoms with Gasteiger partial charge in [0.2, 0.25) is 0 Å². The van der Waals surface area contributed by atoms with Crippen LogP contribution in [-0.4, -0.2) is 11.3 Å². The van der Waals surface area contributed by atoms with Crippen LogP contribution in [0.1, 0.15) is 0 Å². The predicted molar refractivity (Wildman–Crippen MR) is 39.1 cm³/mol. The molecule has 0 spiro atoms. The number of fused-ring (bicyclic) bond motifs is 1. The van der Waals surface area contributed by atoms with Crippen molar-refractivity contribution in [2.45, 2.75) is 0 Å². The molecule has 0 saturated heterocycles. The molecule has 4 heteroatoms. The highest BCUT2D eigenvalue weighted by molar-refractivity contribution is 5.73. The summed E-state index contributed by atoms with van der Waals surface area (Å²) in [4.78, 5) is 8.06. The summed E-state index contributed by atoms with van der Waals surface area (Å²) >= 11 is 0. The van der Waals surface area contributed by atoms with Crippen molar-refractivity contribution in [3.05, 3.63) is 18.3 Å². The zero-order valence-electron chi connectivity index (χ0n) is 5.20. The summed E-state index contributed by atoms with van der Waals surface area (Å²) in [5.74, 6) is 0.769. The maximum Gasteiger partial charge on any atom is 0.170 e. The zero-order chi connectivity index (χ0) is 6.81. The molecular weight excluding hydrogens is 128 g/mol. The van der Waals surface area contributed by atoms with Crippen LogP contribution in [0.4, 0.5) is 11.5 Å². The van der Waals surface area contributed by atoms with E-state index in [4.69, 9.17) is 0 Å². The normalized spacial score (nSPS) is 13.2. The number of anilines is 1. The molecule has 2 rings (SSSR count). The molecule has 0 unspecified atom stereocenters.